The molecule has 0 spiro atoms. The molecule has 0 aliphatic rings. The van der Waals surface area contributed by atoms with Gasteiger partial charge in [-0.15, -0.1) is 0 Å². The summed E-state index contributed by atoms with van der Waals surface area (Å²) >= 11 is 0. The summed E-state index contributed by atoms with van der Waals surface area (Å²) in [6.07, 6.45) is 14.1. The zero-order chi connectivity index (χ0) is 105. The van der Waals surface area contributed by atoms with Crippen LogP contribution in [0.3, 0.4) is 0 Å². The maximum Gasteiger partial charge on any atom is 1.00 e. The van der Waals surface area contributed by atoms with Gasteiger partial charge in [-0.1, -0.05) is 125 Å². The number of isocyanates is 2. The third-order valence-corrected chi connectivity index (χ3v) is 24.0. The van der Waals surface area contributed by atoms with Crippen molar-refractivity contribution in [3.63, 3.8) is 0 Å². The van der Waals surface area contributed by atoms with Crippen molar-refractivity contribution in [2.24, 2.45) is 36.2 Å². The average molecular weight is 2110 g/mol. The van der Waals surface area contributed by atoms with Gasteiger partial charge in [-0.2, -0.15) is 28.9 Å². The van der Waals surface area contributed by atoms with Gasteiger partial charge in [-0.3, -0.25) is 4.55 Å². The molecule has 41 nitrogen and oxygen atoms in total. The maximum absolute atomic E-state index is 12.3. The summed E-state index contributed by atoms with van der Waals surface area (Å²) in [6.45, 7) is 24.6. The molecule has 47 heteroatoms. The molecule has 13 N–H and O–H groups in total. The van der Waals surface area contributed by atoms with E-state index in [0.717, 1.165) is 140 Å². The summed E-state index contributed by atoms with van der Waals surface area (Å²) in [4.78, 5) is 87.0. The van der Waals surface area contributed by atoms with Gasteiger partial charge in [0.25, 0.3) is 10.1 Å². The summed E-state index contributed by atoms with van der Waals surface area (Å²) < 4.78 is 128. The van der Waals surface area contributed by atoms with Gasteiger partial charge < -0.3 is 92.2 Å². The molecular formula is C99H137N23Na2O18S4. The van der Waals surface area contributed by atoms with E-state index in [0.29, 0.717) is 115 Å². The molecule has 9 aromatic rings. The van der Waals surface area contributed by atoms with E-state index in [1.54, 1.807) is 36.4 Å². The SMILES string of the molecule is C.CCN(CCN)c1ccccc1.CCN(CCNC(=O)NCCCCCCNC(=O)NCCN(CC)c1ccc(N=Nc2cccc(S(=O)(=O)[O-])c2)cc1)c1ccc(N=Nc2cccc(S(=O)(=O)[O-])c2)cc1.CCN(CCNC(=O)NCCCCCCNC(=O)NCCN(CC)c1ccccc1)c1ccccc1.N#[N+]c1cccc(S(=O)(=O)[O-])c1.Nc1cccc(S(=O)(=O)O)c1.O=C=NCCCCCCN=C=O.[Na+].[Na+]. The zero-order valence-electron chi connectivity index (χ0n) is 83.3. The van der Waals surface area contributed by atoms with E-state index in [9.17, 15) is 76.1 Å². The fraction of sp³-hybridized carbons (Fsp3) is 0.394. The molecule has 0 saturated carbocycles. The van der Waals surface area contributed by atoms with E-state index < -0.39 is 45.4 Å². The number of likely N-dealkylation sites (N-methyl/N-ethyl adjacent to an activating group) is 5. The van der Waals surface area contributed by atoms with Gasteiger partial charge in [0, 0.05) is 165 Å². The number of nitrogens with zero attached hydrogens (tertiary/aromatic N) is 13. The number of anilines is 6. The van der Waals surface area contributed by atoms with Crippen molar-refractivity contribution in [2.45, 2.75) is 139 Å². The van der Waals surface area contributed by atoms with Crippen molar-refractivity contribution in [1.29, 1.82) is 5.39 Å². The Bertz CT molecular complexity index is 5660. The molecule has 0 aliphatic carbocycles. The van der Waals surface area contributed by atoms with Crippen molar-refractivity contribution in [3.8, 4) is 0 Å². The molecule has 0 bridgehead atoms. The Balaban J connectivity index is 0.00000103. The normalized spacial score (nSPS) is 10.6. The van der Waals surface area contributed by atoms with E-state index in [2.05, 4.69) is 172 Å². The number of nitrogen functional groups attached to an aromatic ring is 1. The monoisotopic (exact) mass is 2110 g/mol. The number of nitrogens with one attached hydrogen (secondary N) is 8. The van der Waals surface area contributed by atoms with Crippen LogP contribution in [0.4, 0.5) is 81.7 Å². The Kier molecular flexibility index (Phi) is 69.8. The largest absolute Gasteiger partial charge is 1.00 e. The number of carbonyl (C=O) groups excluding carboxylic acids is 6. The number of amides is 8. The van der Waals surface area contributed by atoms with Crippen molar-refractivity contribution in [1.82, 2.24) is 42.5 Å². The number of carbonyl (C=O) groups is 4. The van der Waals surface area contributed by atoms with Crippen LogP contribution in [0.15, 0.2) is 287 Å². The number of nitrogens with two attached hydrogens (primary N) is 2. The van der Waals surface area contributed by atoms with Crippen molar-refractivity contribution >= 4 is 139 Å². The van der Waals surface area contributed by atoms with Crippen LogP contribution in [-0.4, -0.2) is 226 Å². The van der Waals surface area contributed by atoms with Gasteiger partial charge in [0.1, 0.15) is 30.4 Å². The fourth-order valence-electron chi connectivity index (χ4n) is 13.2. The number of para-hydroxylation sites is 3. The number of urea groups is 4. The molecule has 0 radical (unpaired) electrons. The molecule has 0 aromatic heterocycles. The molecule has 0 atom stereocenters. The third kappa shape index (κ3) is 58.8. The Morgan fingerprint density at radius 2 is 0.610 bits per heavy atom. The van der Waals surface area contributed by atoms with Crippen LogP contribution in [0.25, 0.3) is 4.98 Å². The number of azo groups is 2. The first-order valence-electron chi connectivity index (χ1n) is 46.9. The van der Waals surface area contributed by atoms with Crippen LogP contribution in [0.1, 0.15) is 119 Å². The van der Waals surface area contributed by atoms with Crippen molar-refractivity contribution in [2.75, 3.05) is 168 Å². The maximum atomic E-state index is 12.3. The van der Waals surface area contributed by atoms with Gasteiger partial charge in [0.05, 0.1) is 61.5 Å². The molecular weight excluding hydrogens is 1970 g/mol. The minimum Gasteiger partial charge on any atom is -0.744 e. The number of aliphatic imine (C=N–C) groups is 2. The Labute approximate surface area is 903 Å². The number of rotatable bonds is 53. The molecule has 8 amide bonds. The van der Waals surface area contributed by atoms with E-state index in [4.69, 9.17) is 21.4 Å². The molecule has 0 fully saturated rings. The minimum atomic E-state index is -4.58. The number of hydrogen-bond donors (Lipinski definition) is 11. The van der Waals surface area contributed by atoms with Crippen LogP contribution in [-0.2, 0) is 50.1 Å². The van der Waals surface area contributed by atoms with Gasteiger partial charge in [-0.05, 0) is 219 Å². The standard InChI is InChI=1S/C40H52N10O8S2.C28H44N6O2.C10H16N2.C8H12N2O2.C6H4N2O3S.C6H7NO3S.CH4.2Na/c1-3-49(35-19-15-31(16-20-35)45-47-33-11-9-13-37(29-33)59(53,54)55)27-25-43-39(51)41-23-7-5-6-8-24-42-40(52)44-26-28-50(4-2)36-21-17-32(18-22-36)46-48-34-12-10-14-38(30-34)60(56,57)58;1-3-33(25-15-9-7-10-16-25)23-21-31-27(35)29-19-13-5-6-14-20-30-28(36)32-22-24-34(4-2)26-17-11-8-12-18-26;1-2-12(9-8-11)10-6-4-3-5-7-10;11-7-9-5-3-1-2-4-6-10-8-12;7-8-5-2-1-3-6(4-5)12(9,10)11;7-5-2-1-3-6(4-5)11(8,9)10;;;/h9-22,29-30H,3-8,23-28H2,1-2H3,(H2,41,43,51)(H2,42,44,52)(H,53,54,55)(H,56,57,58);7-12,15-18H,3-6,13-14,19-24H2,1-2H3,(H2,29,31,35)(H2,30,32,36);3-7H,2,8-9,11H2,1H3;1-6H2;1-4H;1-4H,7H2,(H,8,9,10);1H4;;/q;;;;;;;2*+1/p-2. The van der Waals surface area contributed by atoms with Gasteiger partial charge in [-0.25, -0.2) is 64.0 Å². The number of benzene rings is 9. The molecule has 0 aliphatic heterocycles. The van der Waals surface area contributed by atoms with Crippen LogP contribution in [0.5, 0.6) is 0 Å². The van der Waals surface area contributed by atoms with E-state index in [-0.39, 0.29) is 122 Å². The molecule has 0 heterocycles. The van der Waals surface area contributed by atoms with Crippen LogP contribution in [0, 0.1) is 5.39 Å². The first-order chi connectivity index (χ1) is 68.7. The molecule has 0 saturated heterocycles. The second kappa shape index (κ2) is 77.3. The third-order valence-electron chi connectivity index (χ3n) is 20.7. The first kappa shape index (κ1) is 132. The predicted octanol–water partition coefficient (Wildman–Crippen LogP) is 9.96. The van der Waals surface area contributed by atoms with E-state index in [1.165, 1.54) is 102 Å². The van der Waals surface area contributed by atoms with Crippen LogP contribution < -0.4 is 138 Å². The fourth-order valence-corrected chi connectivity index (χ4v) is 15.3. The molecule has 146 heavy (non-hydrogen) atoms. The van der Waals surface area contributed by atoms with E-state index >= 15 is 0 Å². The summed E-state index contributed by atoms with van der Waals surface area (Å²) in [6, 6.07) is 65.7. The number of hydrogen-bond acceptors (Lipinski definition) is 31. The Morgan fingerprint density at radius 3 is 0.884 bits per heavy atom. The molecule has 9 rings (SSSR count). The van der Waals surface area contributed by atoms with Crippen molar-refractivity contribution < 1.29 is 140 Å². The molecule has 9 aromatic carbocycles. The van der Waals surface area contributed by atoms with E-state index in [1.807, 2.05) is 80.6 Å². The van der Waals surface area contributed by atoms with Gasteiger partial charge >= 0.3 is 88.9 Å². The number of diazo groups is 1. The summed E-state index contributed by atoms with van der Waals surface area (Å²) in [5, 5.41) is 47.8. The average Bonchev–Trinajstić information content (AvgIpc) is 0.839. The van der Waals surface area contributed by atoms with Gasteiger partial charge in [0.2, 0.25) is 17.6 Å². The quantitative estimate of drug-likeness (QED) is 0.00247. The van der Waals surface area contributed by atoms with Crippen LogP contribution >= 0.6 is 0 Å². The summed E-state index contributed by atoms with van der Waals surface area (Å²) in [7, 11) is -17.7. The molecule has 0 unspecified atom stereocenters. The predicted molar refractivity (Wildman–Crippen MR) is 561 cm³/mol. The Hall–Kier alpha value is -12.2. The minimum absolute atomic E-state index is 0. The topological polar surface area (TPSA) is 595 Å². The van der Waals surface area contributed by atoms with Crippen LogP contribution in [0.2, 0.25) is 0 Å². The second-order valence-corrected chi connectivity index (χ2v) is 36.6. The van der Waals surface area contributed by atoms with Crippen molar-refractivity contribution in [3.05, 3.63) is 242 Å². The summed E-state index contributed by atoms with van der Waals surface area (Å²) in [5.74, 6) is 0. The zero-order valence-corrected chi connectivity index (χ0v) is 90.6. The van der Waals surface area contributed by atoms with Gasteiger partial charge in [0.15, 0.2) is 4.98 Å². The molecule has 782 valence electrons. The second-order valence-electron chi connectivity index (χ2n) is 31.0. The smallest absolute Gasteiger partial charge is 0.744 e. The first-order valence-corrected chi connectivity index (χ1v) is 52.5. The number of unbranched alkanes of at least 4 members (excludes halogenated alkanes) is 9. The Morgan fingerprint density at radius 1 is 0.342 bits per heavy atom. The summed E-state index contributed by atoms with van der Waals surface area (Å²) in [5.41, 5.74) is 18.2.